The van der Waals surface area contributed by atoms with Crippen LogP contribution in [0.5, 0.6) is 0 Å². The van der Waals surface area contributed by atoms with Crippen molar-refractivity contribution < 1.29 is 4.79 Å². The van der Waals surface area contributed by atoms with Gasteiger partial charge in [-0.25, -0.2) is 0 Å². The maximum absolute atomic E-state index is 12.4. The van der Waals surface area contributed by atoms with Gasteiger partial charge in [0.25, 0.3) is 5.91 Å². The lowest BCUT2D eigenvalue weighted by atomic mass is 10.2. The molecule has 0 spiro atoms. The fourth-order valence-corrected chi connectivity index (χ4v) is 3.40. The van der Waals surface area contributed by atoms with E-state index in [0.29, 0.717) is 10.6 Å². The van der Waals surface area contributed by atoms with Crippen LogP contribution in [-0.4, -0.2) is 17.1 Å². The van der Waals surface area contributed by atoms with Crippen LogP contribution in [0.15, 0.2) is 47.6 Å². The van der Waals surface area contributed by atoms with Gasteiger partial charge in [0, 0.05) is 28.4 Å². The number of aromatic nitrogens is 1. The number of thioether (sulfide) groups is 1. The smallest absolute Gasteiger partial charge is 0.267 e. The Labute approximate surface area is 130 Å². The normalized spacial score (nSPS) is 10.7. The molecule has 6 heteroatoms. The first-order valence-electron chi connectivity index (χ1n) is 6.26. The summed E-state index contributed by atoms with van der Waals surface area (Å²) in [6, 6.07) is 9.53. The van der Waals surface area contributed by atoms with Gasteiger partial charge in [0.15, 0.2) is 0 Å². The summed E-state index contributed by atoms with van der Waals surface area (Å²) in [6.45, 7) is 0. The minimum Gasteiger partial charge on any atom is -0.397 e. The number of carbonyl (C=O) groups is 1. The average Bonchev–Trinajstić information content (AvgIpc) is 2.86. The van der Waals surface area contributed by atoms with Crippen LogP contribution in [0.25, 0.3) is 10.1 Å². The molecule has 3 aromatic rings. The van der Waals surface area contributed by atoms with Gasteiger partial charge in [-0.05, 0) is 36.6 Å². The van der Waals surface area contributed by atoms with Gasteiger partial charge in [-0.3, -0.25) is 9.78 Å². The van der Waals surface area contributed by atoms with Crippen molar-refractivity contribution in [2.45, 2.75) is 4.90 Å². The molecule has 106 valence electrons. The Morgan fingerprint density at radius 3 is 2.71 bits per heavy atom. The molecule has 0 fully saturated rings. The molecule has 2 heterocycles. The topological polar surface area (TPSA) is 68.0 Å². The number of nitrogens with zero attached hydrogens (tertiary/aromatic N) is 1. The number of hydrogen-bond donors (Lipinski definition) is 2. The summed E-state index contributed by atoms with van der Waals surface area (Å²) in [4.78, 5) is 18.1. The molecule has 0 saturated carbocycles. The summed E-state index contributed by atoms with van der Waals surface area (Å²) >= 11 is 3.02. The van der Waals surface area contributed by atoms with E-state index in [4.69, 9.17) is 5.73 Å². The van der Waals surface area contributed by atoms with E-state index < -0.39 is 0 Å². The Hall–Kier alpha value is -2.05. The van der Waals surface area contributed by atoms with Crippen molar-refractivity contribution in [3.05, 3.63) is 47.6 Å². The number of nitrogen functional groups attached to an aromatic ring is 1. The lowest BCUT2D eigenvalue weighted by Gasteiger charge is -2.05. The number of nitrogens with one attached hydrogen (secondary N) is 1. The van der Waals surface area contributed by atoms with Gasteiger partial charge in [-0.15, -0.1) is 23.1 Å². The largest absolute Gasteiger partial charge is 0.397 e. The molecule has 0 radical (unpaired) electrons. The Morgan fingerprint density at radius 1 is 1.29 bits per heavy atom. The summed E-state index contributed by atoms with van der Waals surface area (Å²) < 4.78 is 0.915. The van der Waals surface area contributed by atoms with Crippen LogP contribution in [0.2, 0.25) is 0 Å². The summed E-state index contributed by atoms with van der Waals surface area (Å²) in [7, 11) is 0. The highest BCUT2D eigenvalue weighted by atomic mass is 32.2. The molecule has 0 unspecified atom stereocenters. The molecule has 3 rings (SSSR count). The lowest BCUT2D eigenvalue weighted by molar-refractivity contribution is 0.103. The van der Waals surface area contributed by atoms with Crippen molar-refractivity contribution in [3.63, 3.8) is 0 Å². The second kappa shape index (κ2) is 5.75. The fraction of sp³-hybridized carbons (Fsp3) is 0.0667. The number of nitrogens with two attached hydrogens (primary N) is 1. The fourth-order valence-electron chi connectivity index (χ4n) is 2.00. The van der Waals surface area contributed by atoms with Crippen molar-refractivity contribution in [2.24, 2.45) is 0 Å². The first-order chi connectivity index (χ1) is 10.2. The number of anilines is 2. The highest BCUT2D eigenvalue weighted by molar-refractivity contribution is 7.98. The second-order valence-electron chi connectivity index (χ2n) is 4.40. The van der Waals surface area contributed by atoms with E-state index in [9.17, 15) is 4.79 Å². The highest BCUT2D eigenvalue weighted by Gasteiger charge is 2.16. The number of fused-ring (bicyclic) bond motifs is 1. The molecule has 0 aliphatic rings. The minimum absolute atomic E-state index is 0.189. The van der Waals surface area contributed by atoms with Gasteiger partial charge in [0.1, 0.15) is 4.88 Å². The van der Waals surface area contributed by atoms with E-state index in [0.717, 1.165) is 20.7 Å². The molecule has 0 atom stereocenters. The van der Waals surface area contributed by atoms with Crippen molar-refractivity contribution in [1.82, 2.24) is 4.98 Å². The Balaban J connectivity index is 1.87. The van der Waals surface area contributed by atoms with Crippen LogP contribution in [0.1, 0.15) is 9.67 Å². The first-order valence-corrected chi connectivity index (χ1v) is 8.30. The second-order valence-corrected chi connectivity index (χ2v) is 6.33. The molecule has 1 amide bonds. The number of carbonyl (C=O) groups excluding carboxylic acids is 1. The van der Waals surface area contributed by atoms with Crippen molar-refractivity contribution in [3.8, 4) is 0 Å². The van der Waals surface area contributed by atoms with E-state index in [1.54, 1.807) is 24.2 Å². The van der Waals surface area contributed by atoms with Gasteiger partial charge < -0.3 is 11.1 Å². The standard InChI is InChI=1S/C15H13N3OS2/c1-20-10-4-2-9(3-5-10)18-15(19)14-13(16)11-6-7-17-8-12(11)21-14/h2-8H,16H2,1H3,(H,18,19). The number of thiophene rings is 1. The molecule has 0 aliphatic heterocycles. The van der Waals surface area contributed by atoms with E-state index >= 15 is 0 Å². The third kappa shape index (κ3) is 2.72. The average molecular weight is 315 g/mol. The maximum atomic E-state index is 12.4. The molecule has 3 N–H and O–H groups in total. The quantitative estimate of drug-likeness (QED) is 0.720. The van der Waals surface area contributed by atoms with Gasteiger partial charge in [-0.1, -0.05) is 0 Å². The molecule has 21 heavy (non-hydrogen) atoms. The molecular weight excluding hydrogens is 302 g/mol. The van der Waals surface area contributed by atoms with Crippen LogP contribution in [-0.2, 0) is 0 Å². The lowest BCUT2D eigenvalue weighted by Crippen LogP contribution is -2.11. The Kier molecular flexibility index (Phi) is 3.81. The van der Waals surface area contributed by atoms with Crippen LogP contribution in [0, 0.1) is 0 Å². The van der Waals surface area contributed by atoms with Crippen LogP contribution < -0.4 is 11.1 Å². The summed E-state index contributed by atoms with van der Waals surface area (Å²) in [6.07, 6.45) is 5.41. The number of rotatable bonds is 3. The highest BCUT2D eigenvalue weighted by Crippen LogP contribution is 2.33. The molecule has 0 saturated heterocycles. The zero-order chi connectivity index (χ0) is 14.8. The third-order valence-corrected chi connectivity index (χ3v) is 4.98. The first kappa shape index (κ1) is 13.9. The van der Waals surface area contributed by atoms with E-state index in [1.807, 2.05) is 36.6 Å². The van der Waals surface area contributed by atoms with Gasteiger partial charge >= 0.3 is 0 Å². The van der Waals surface area contributed by atoms with Gasteiger partial charge in [0.05, 0.1) is 10.4 Å². The number of hydrogen-bond acceptors (Lipinski definition) is 5. The molecule has 1 aromatic carbocycles. The summed E-state index contributed by atoms with van der Waals surface area (Å²) in [5, 5.41) is 3.75. The zero-order valence-electron chi connectivity index (χ0n) is 11.3. The Bertz CT molecular complexity index is 796. The molecule has 4 nitrogen and oxygen atoms in total. The van der Waals surface area contributed by atoms with E-state index in [2.05, 4.69) is 10.3 Å². The van der Waals surface area contributed by atoms with E-state index in [-0.39, 0.29) is 5.91 Å². The monoisotopic (exact) mass is 315 g/mol. The summed E-state index contributed by atoms with van der Waals surface area (Å²) in [5.41, 5.74) is 7.32. The zero-order valence-corrected chi connectivity index (χ0v) is 12.9. The van der Waals surface area contributed by atoms with Gasteiger partial charge in [0.2, 0.25) is 0 Å². The van der Waals surface area contributed by atoms with Gasteiger partial charge in [-0.2, -0.15) is 0 Å². The van der Waals surface area contributed by atoms with Crippen molar-refractivity contribution in [1.29, 1.82) is 0 Å². The molecule has 2 aromatic heterocycles. The third-order valence-electron chi connectivity index (χ3n) is 3.09. The Morgan fingerprint density at radius 2 is 2.05 bits per heavy atom. The molecular formula is C15H13N3OS2. The SMILES string of the molecule is CSc1ccc(NC(=O)c2sc3cnccc3c2N)cc1. The van der Waals surface area contributed by atoms with Crippen LogP contribution >= 0.6 is 23.1 Å². The number of pyridine rings is 1. The van der Waals surface area contributed by atoms with Crippen LogP contribution in [0.4, 0.5) is 11.4 Å². The number of amides is 1. The van der Waals surface area contributed by atoms with Crippen molar-refractivity contribution >= 4 is 50.5 Å². The molecule has 0 bridgehead atoms. The van der Waals surface area contributed by atoms with Crippen LogP contribution in [0.3, 0.4) is 0 Å². The summed E-state index contributed by atoms with van der Waals surface area (Å²) in [5.74, 6) is -0.189. The molecule has 0 aliphatic carbocycles. The maximum Gasteiger partial charge on any atom is 0.267 e. The minimum atomic E-state index is -0.189. The predicted molar refractivity (Wildman–Crippen MR) is 90.2 cm³/mol. The predicted octanol–water partition coefficient (Wildman–Crippen LogP) is 3.85. The number of benzene rings is 1. The van der Waals surface area contributed by atoms with E-state index in [1.165, 1.54) is 11.3 Å². The van der Waals surface area contributed by atoms with Crippen molar-refractivity contribution in [2.75, 3.05) is 17.3 Å².